The van der Waals surface area contributed by atoms with Crippen molar-refractivity contribution in [3.63, 3.8) is 0 Å². The van der Waals surface area contributed by atoms with Gasteiger partial charge in [-0.3, -0.25) is 9.59 Å². The van der Waals surface area contributed by atoms with Crippen molar-refractivity contribution in [1.29, 1.82) is 0 Å². The van der Waals surface area contributed by atoms with Crippen LogP contribution in [0.1, 0.15) is 84.0 Å². The van der Waals surface area contributed by atoms with Gasteiger partial charge in [0.05, 0.1) is 0 Å². The maximum absolute atomic E-state index is 13.4. The summed E-state index contributed by atoms with van der Waals surface area (Å²) in [6.07, 6.45) is 1.13. The van der Waals surface area contributed by atoms with Crippen molar-refractivity contribution >= 4 is 17.9 Å². The van der Waals surface area contributed by atoms with Crippen molar-refractivity contribution in [2.24, 2.45) is 0 Å². The summed E-state index contributed by atoms with van der Waals surface area (Å²) in [7, 11) is 0. The van der Waals surface area contributed by atoms with Crippen LogP contribution >= 0.6 is 0 Å². The second kappa shape index (κ2) is 11.9. The fraction of sp³-hybridized carbons (Fsp3) is 0.640. The van der Waals surface area contributed by atoms with Crippen LogP contribution in [0.25, 0.3) is 0 Å². The van der Waals surface area contributed by atoms with Crippen molar-refractivity contribution in [1.82, 2.24) is 15.5 Å². The zero-order valence-electron chi connectivity index (χ0n) is 21.2. The molecule has 1 aromatic carbocycles. The van der Waals surface area contributed by atoms with E-state index in [1.54, 1.807) is 25.7 Å². The van der Waals surface area contributed by atoms with Crippen molar-refractivity contribution in [2.75, 3.05) is 6.54 Å². The van der Waals surface area contributed by atoms with E-state index < -0.39 is 17.7 Å². The molecular formula is C25H41N3O4. The lowest BCUT2D eigenvalue weighted by Gasteiger charge is -2.35. The quantitative estimate of drug-likeness (QED) is 0.587. The normalized spacial score (nSPS) is 13.3. The molecule has 7 nitrogen and oxygen atoms in total. The summed E-state index contributed by atoms with van der Waals surface area (Å²) in [4.78, 5) is 40.2. The molecule has 32 heavy (non-hydrogen) atoms. The maximum Gasteiger partial charge on any atom is 0.408 e. The molecule has 0 aliphatic carbocycles. The molecule has 0 heterocycles. The SMILES string of the molecule is CCCC(C)NC(=O)C(c1cc(C)cc(C)c1)N(C(=O)CNC(=O)OC(C)(C)C)C(C)C. The van der Waals surface area contributed by atoms with E-state index in [2.05, 4.69) is 17.6 Å². The third-order valence-corrected chi connectivity index (χ3v) is 4.82. The molecule has 0 bridgehead atoms. The van der Waals surface area contributed by atoms with Crippen LogP contribution in [-0.2, 0) is 14.3 Å². The predicted octanol–water partition coefficient (Wildman–Crippen LogP) is 4.41. The fourth-order valence-corrected chi connectivity index (χ4v) is 3.72. The summed E-state index contributed by atoms with van der Waals surface area (Å²) >= 11 is 0. The minimum Gasteiger partial charge on any atom is -0.444 e. The molecule has 0 aromatic heterocycles. The molecule has 2 unspecified atom stereocenters. The van der Waals surface area contributed by atoms with Crippen LogP contribution in [0, 0.1) is 13.8 Å². The highest BCUT2D eigenvalue weighted by atomic mass is 16.6. The van der Waals surface area contributed by atoms with Crippen LogP contribution in [0.4, 0.5) is 4.79 Å². The van der Waals surface area contributed by atoms with Gasteiger partial charge in [0.1, 0.15) is 18.2 Å². The Kier molecular flexibility index (Phi) is 10.2. The van der Waals surface area contributed by atoms with Gasteiger partial charge in [-0.2, -0.15) is 0 Å². The monoisotopic (exact) mass is 447 g/mol. The van der Waals surface area contributed by atoms with Gasteiger partial charge in [-0.25, -0.2) is 4.79 Å². The molecule has 1 rings (SSSR count). The number of carbonyl (C=O) groups excluding carboxylic acids is 3. The lowest BCUT2D eigenvalue weighted by molar-refractivity contribution is -0.142. The molecule has 7 heteroatoms. The Balaban J connectivity index is 3.24. The van der Waals surface area contributed by atoms with E-state index >= 15 is 0 Å². The Morgan fingerprint density at radius 3 is 2.06 bits per heavy atom. The molecular weight excluding hydrogens is 406 g/mol. The van der Waals surface area contributed by atoms with E-state index in [0.717, 1.165) is 29.5 Å². The Labute approximate surface area is 193 Å². The number of nitrogens with zero attached hydrogens (tertiary/aromatic N) is 1. The number of hydrogen-bond acceptors (Lipinski definition) is 4. The standard InChI is InChI=1S/C25H41N3O4/c1-10-11-19(6)27-23(30)22(20-13-17(4)12-18(5)14-20)28(16(2)3)21(29)15-26-24(31)32-25(7,8)9/h12-14,16,19,22H,10-11,15H2,1-9H3,(H,26,31)(H,27,30). The number of rotatable bonds is 9. The lowest BCUT2D eigenvalue weighted by Crippen LogP contribution is -2.51. The lowest BCUT2D eigenvalue weighted by atomic mass is 9.97. The van der Waals surface area contributed by atoms with E-state index in [1.807, 2.05) is 52.8 Å². The number of aryl methyl sites for hydroxylation is 2. The third-order valence-electron chi connectivity index (χ3n) is 4.82. The molecule has 180 valence electrons. The van der Waals surface area contributed by atoms with Gasteiger partial charge >= 0.3 is 6.09 Å². The van der Waals surface area contributed by atoms with E-state index in [1.165, 1.54) is 0 Å². The van der Waals surface area contributed by atoms with E-state index in [9.17, 15) is 14.4 Å². The maximum atomic E-state index is 13.4. The first-order chi connectivity index (χ1) is 14.7. The van der Waals surface area contributed by atoms with Crippen molar-refractivity contribution in [3.05, 3.63) is 34.9 Å². The molecule has 0 aliphatic rings. The van der Waals surface area contributed by atoms with E-state index in [-0.39, 0.29) is 30.4 Å². The Morgan fingerprint density at radius 1 is 1.03 bits per heavy atom. The first-order valence-electron chi connectivity index (χ1n) is 11.4. The minimum atomic E-state index is -0.805. The summed E-state index contributed by atoms with van der Waals surface area (Å²) in [6, 6.07) is 4.83. The highest BCUT2D eigenvalue weighted by molar-refractivity contribution is 5.90. The number of benzene rings is 1. The van der Waals surface area contributed by atoms with Crippen LogP contribution in [0.5, 0.6) is 0 Å². The van der Waals surface area contributed by atoms with Gasteiger partial charge in [-0.1, -0.05) is 42.7 Å². The largest absolute Gasteiger partial charge is 0.444 e. The predicted molar refractivity (Wildman–Crippen MR) is 127 cm³/mol. The van der Waals surface area contributed by atoms with Crippen LogP contribution < -0.4 is 10.6 Å². The molecule has 0 aliphatic heterocycles. The summed E-state index contributed by atoms with van der Waals surface area (Å²) in [5.41, 5.74) is 2.12. The zero-order chi connectivity index (χ0) is 24.6. The van der Waals surface area contributed by atoms with Crippen molar-refractivity contribution in [3.8, 4) is 0 Å². The van der Waals surface area contributed by atoms with Crippen LogP contribution in [0.15, 0.2) is 18.2 Å². The summed E-state index contributed by atoms with van der Waals surface area (Å²) in [6.45, 7) is 16.7. The Hall–Kier alpha value is -2.57. The first kappa shape index (κ1) is 27.5. The van der Waals surface area contributed by atoms with Gasteiger partial charge in [-0.15, -0.1) is 0 Å². The first-order valence-corrected chi connectivity index (χ1v) is 11.4. The van der Waals surface area contributed by atoms with Crippen LogP contribution in [0.3, 0.4) is 0 Å². The van der Waals surface area contributed by atoms with Gasteiger partial charge in [0.15, 0.2) is 0 Å². The number of nitrogens with one attached hydrogen (secondary N) is 2. The third kappa shape index (κ3) is 8.89. The molecule has 2 N–H and O–H groups in total. The minimum absolute atomic E-state index is 0.00934. The van der Waals surface area contributed by atoms with E-state index in [4.69, 9.17) is 4.74 Å². The molecule has 1 aromatic rings. The number of alkyl carbamates (subject to hydrolysis) is 1. The Morgan fingerprint density at radius 2 is 1.59 bits per heavy atom. The summed E-state index contributed by atoms with van der Waals surface area (Å²) in [5.74, 6) is -0.580. The topological polar surface area (TPSA) is 87.7 Å². The van der Waals surface area contributed by atoms with E-state index in [0.29, 0.717) is 0 Å². The second-order valence-electron chi connectivity index (χ2n) is 9.77. The number of ether oxygens (including phenoxy) is 1. The fourth-order valence-electron chi connectivity index (χ4n) is 3.72. The van der Waals surface area contributed by atoms with Gasteiger partial charge in [0.25, 0.3) is 0 Å². The van der Waals surface area contributed by atoms with Gasteiger partial charge in [0.2, 0.25) is 11.8 Å². The second-order valence-corrected chi connectivity index (χ2v) is 9.77. The van der Waals surface area contributed by atoms with Crippen LogP contribution in [0.2, 0.25) is 0 Å². The summed E-state index contributed by atoms with van der Waals surface area (Å²) in [5, 5.41) is 5.58. The van der Waals surface area contributed by atoms with Crippen molar-refractivity contribution in [2.45, 2.75) is 98.9 Å². The van der Waals surface area contributed by atoms with Gasteiger partial charge in [-0.05, 0) is 67.4 Å². The molecule has 0 spiro atoms. The van der Waals surface area contributed by atoms with Crippen LogP contribution in [-0.4, -0.2) is 47.0 Å². The molecule has 0 saturated heterocycles. The Bertz CT molecular complexity index is 779. The molecule has 3 amide bonds. The molecule has 0 saturated carbocycles. The van der Waals surface area contributed by atoms with Gasteiger partial charge < -0.3 is 20.3 Å². The molecule has 2 atom stereocenters. The average molecular weight is 448 g/mol. The van der Waals surface area contributed by atoms with Crippen molar-refractivity contribution < 1.29 is 19.1 Å². The molecule has 0 radical (unpaired) electrons. The number of carbonyl (C=O) groups is 3. The number of amides is 3. The zero-order valence-corrected chi connectivity index (χ0v) is 21.2. The summed E-state index contributed by atoms with van der Waals surface area (Å²) < 4.78 is 5.23. The van der Waals surface area contributed by atoms with Gasteiger partial charge in [0, 0.05) is 12.1 Å². The highest BCUT2D eigenvalue weighted by Gasteiger charge is 2.34. The number of hydrogen-bond donors (Lipinski definition) is 2. The average Bonchev–Trinajstić information content (AvgIpc) is 2.61. The smallest absolute Gasteiger partial charge is 0.408 e. The molecule has 0 fully saturated rings. The highest BCUT2D eigenvalue weighted by Crippen LogP contribution is 2.26.